The monoisotopic (exact) mass is 512 g/mol. The number of fused-ring (bicyclic) bond motifs is 1. The van der Waals surface area contributed by atoms with Crippen molar-refractivity contribution in [3.8, 4) is 0 Å². The Hall–Kier alpha value is -3.21. The van der Waals surface area contributed by atoms with E-state index in [4.69, 9.17) is 4.74 Å². The summed E-state index contributed by atoms with van der Waals surface area (Å²) in [7, 11) is -2.44. The SMILES string of the molecule is CCc1ccc(N(C)S(=O)(=O)c2ccc3[nH]cc(C(=O)NCCCN4CCOCC4)c(=O)c3c2)cc1. The lowest BCUT2D eigenvalue weighted by Crippen LogP contribution is -2.38. The van der Waals surface area contributed by atoms with Gasteiger partial charge in [0.1, 0.15) is 5.56 Å². The maximum atomic E-state index is 13.3. The Morgan fingerprint density at radius 1 is 1.14 bits per heavy atom. The van der Waals surface area contributed by atoms with Crippen molar-refractivity contribution in [2.24, 2.45) is 0 Å². The number of ether oxygens (including phenoxy) is 1. The fraction of sp³-hybridized carbons (Fsp3) is 0.385. The van der Waals surface area contributed by atoms with Crippen molar-refractivity contribution in [1.29, 1.82) is 0 Å². The molecule has 192 valence electrons. The summed E-state index contributed by atoms with van der Waals surface area (Å²) in [5.74, 6) is -0.485. The summed E-state index contributed by atoms with van der Waals surface area (Å²) in [5, 5.41) is 2.94. The van der Waals surface area contributed by atoms with Crippen molar-refractivity contribution in [3.05, 3.63) is 70.0 Å². The highest BCUT2D eigenvalue weighted by molar-refractivity contribution is 7.92. The van der Waals surface area contributed by atoms with Gasteiger partial charge in [-0.25, -0.2) is 8.42 Å². The summed E-state index contributed by atoms with van der Waals surface area (Å²) in [4.78, 5) is 31.0. The van der Waals surface area contributed by atoms with Crippen LogP contribution in [0, 0.1) is 0 Å². The van der Waals surface area contributed by atoms with E-state index in [1.807, 2.05) is 19.1 Å². The first-order chi connectivity index (χ1) is 17.3. The van der Waals surface area contributed by atoms with Gasteiger partial charge in [-0.2, -0.15) is 0 Å². The van der Waals surface area contributed by atoms with Gasteiger partial charge in [0, 0.05) is 43.8 Å². The summed E-state index contributed by atoms with van der Waals surface area (Å²) < 4.78 is 33.1. The summed E-state index contributed by atoms with van der Waals surface area (Å²) in [5.41, 5.74) is 1.52. The van der Waals surface area contributed by atoms with E-state index in [0.717, 1.165) is 51.3 Å². The Morgan fingerprint density at radius 3 is 2.56 bits per heavy atom. The quantitative estimate of drug-likeness (QED) is 0.426. The molecule has 0 aliphatic carbocycles. The van der Waals surface area contributed by atoms with Gasteiger partial charge < -0.3 is 15.0 Å². The number of aryl methyl sites for hydroxylation is 1. The lowest BCUT2D eigenvalue weighted by Gasteiger charge is -2.26. The van der Waals surface area contributed by atoms with Crippen LogP contribution in [0.2, 0.25) is 0 Å². The third-order valence-corrected chi connectivity index (χ3v) is 8.29. The summed E-state index contributed by atoms with van der Waals surface area (Å²) in [6, 6.07) is 11.6. The molecule has 2 N–H and O–H groups in total. The molecule has 0 atom stereocenters. The van der Waals surface area contributed by atoms with Crippen LogP contribution in [0.15, 0.2) is 58.4 Å². The zero-order chi connectivity index (χ0) is 25.7. The van der Waals surface area contributed by atoms with Crippen molar-refractivity contribution in [2.45, 2.75) is 24.7 Å². The number of pyridine rings is 1. The van der Waals surface area contributed by atoms with Crippen LogP contribution in [0.3, 0.4) is 0 Å². The molecule has 36 heavy (non-hydrogen) atoms. The van der Waals surface area contributed by atoms with E-state index < -0.39 is 21.4 Å². The summed E-state index contributed by atoms with van der Waals surface area (Å²) >= 11 is 0. The molecule has 10 heteroatoms. The smallest absolute Gasteiger partial charge is 0.264 e. The highest BCUT2D eigenvalue weighted by Crippen LogP contribution is 2.24. The van der Waals surface area contributed by atoms with Crippen LogP contribution >= 0.6 is 0 Å². The molecular weight excluding hydrogens is 480 g/mol. The van der Waals surface area contributed by atoms with E-state index in [1.165, 1.54) is 29.7 Å². The number of carbonyl (C=O) groups is 1. The number of carbonyl (C=O) groups excluding carboxylic acids is 1. The molecule has 0 unspecified atom stereocenters. The minimum absolute atomic E-state index is 0.0226. The van der Waals surface area contributed by atoms with Crippen LogP contribution in [0.5, 0.6) is 0 Å². The van der Waals surface area contributed by atoms with E-state index in [1.54, 1.807) is 18.2 Å². The van der Waals surface area contributed by atoms with E-state index in [-0.39, 0.29) is 15.8 Å². The second kappa shape index (κ2) is 11.2. The first kappa shape index (κ1) is 25.9. The minimum Gasteiger partial charge on any atom is -0.379 e. The lowest BCUT2D eigenvalue weighted by molar-refractivity contribution is 0.0374. The molecule has 0 bridgehead atoms. The number of aromatic amines is 1. The Morgan fingerprint density at radius 2 is 1.86 bits per heavy atom. The molecular formula is C26H32N4O5S. The molecule has 1 aromatic heterocycles. The number of nitrogens with zero attached hydrogens (tertiary/aromatic N) is 2. The van der Waals surface area contributed by atoms with Crippen LogP contribution in [-0.4, -0.2) is 70.6 Å². The molecule has 1 aliphatic heterocycles. The predicted molar refractivity (Wildman–Crippen MR) is 140 cm³/mol. The van der Waals surface area contributed by atoms with Gasteiger partial charge in [0.05, 0.1) is 23.8 Å². The number of amides is 1. The molecule has 2 heterocycles. The van der Waals surface area contributed by atoms with Crippen molar-refractivity contribution in [3.63, 3.8) is 0 Å². The third kappa shape index (κ3) is 5.61. The number of benzene rings is 2. The van der Waals surface area contributed by atoms with Crippen LogP contribution < -0.4 is 15.1 Å². The number of anilines is 1. The highest BCUT2D eigenvalue weighted by atomic mass is 32.2. The number of hydrogen-bond acceptors (Lipinski definition) is 6. The Kier molecular flexibility index (Phi) is 8.07. The average molecular weight is 513 g/mol. The first-order valence-electron chi connectivity index (χ1n) is 12.1. The van der Waals surface area contributed by atoms with Crippen molar-refractivity contribution in [1.82, 2.24) is 15.2 Å². The Bertz CT molecular complexity index is 1380. The van der Waals surface area contributed by atoms with Crippen molar-refractivity contribution >= 4 is 32.5 Å². The van der Waals surface area contributed by atoms with E-state index in [9.17, 15) is 18.0 Å². The Labute approximate surface area is 211 Å². The normalized spacial score (nSPS) is 14.6. The standard InChI is InChI=1S/C26H32N4O5S/c1-3-19-5-7-20(8-6-19)29(2)36(33,34)21-9-10-24-22(17-21)25(31)23(18-28-24)26(32)27-11-4-12-30-13-15-35-16-14-30/h5-10,17-18H,3-4,11-16H2,1-2H3,(H,27,32)(H,28,31). The molecule has 9 nitrogen and oxygen atoms in total. The zero-order valence-electron chi connectivity index (χ0n) is 20.6. The second-order valence-electron chi connectivity index (χ2n) is 8.79. The zero-order valence-corrected chi connectivity index (χ0v) is 21.4. The fourth-order valence-electron chi connectivity index (χ4n) is 4.19. The molecule has 0 radical (unpaired) electrons. The third-order valence-electron chi connectivity index (χ3n) is 6.50. The van der Waals surface area contributed by atoms with Gasteiger partial charge >= 0.3 is 0 Å². The molecule has 1 fully saturated rings. The predicted octanol–water partition coefficient (Wildman–Crippen LogP) is 2.37. The second-order valence-corrected chi connectivity index (χ2v) is 10.8. The molecule has 0 saturated carbocycles. The minimum atomic E-state index is -3.91. The molecule has 3 aromatic rings. The molecule has 0 spiro atoms. The topological polar surface area (TPSA) is 112 Å². The maximum absolute atomic E-state index is 13.3. The van der Waals surface area contributed by atoms with Gasteiger partial charge in [-0.1, -0.05) is 19.1 Å². The van der Waals surface area contributed by atoms with Gasteiger partial charge in [0.2, 0.25) is 5.43 Å². The number of nitrogens with one attached hydrogen (secondary N) is 2. The van der Waals surface area contributed by atoms with Crippen LogP contribution in [0.4, 0.5) is 5.69 Å². The number of H-pyrrole nitrogens is 1. The van der Waals surface area contributed by atoms with E-state index in [0.29, 0.717) is 17.7 Å². The molecule has 1 aliphatic rings. The molecule has 1 saturated heterocycles. The van der Waals surface area contributed by atoms with Crippen molar-refractivity contribution in [2.75, 3.05) is 50.7 Å². The number of morpholine rings is 1. The average Bonchev–Trinajstić information content (AvgIpc) is 2.91. The highest BCUT2D eigenvalue weighted by Gasteiger charge is 2.23. The van der Waals surface area contributed by atoms with E-state index >= 15 is 0 Å². The largest absolute Gasteiger partial charge is 0.379 e. The van der Waals surface area contributed by atoms with Gasteiger partial charge in [0.15, 0.2) is 0 Å². The molecule has 1 amide bonds. The first-order valence-corrected chi connectivity index (χ1v) is 13.6. The number of aromatic nitrogens is 1. The Balaban J connectivity index is 1.51. The van der Waals surface area contributed by atoms with Gasteiger partial charge in [-0.15, -0.1) is 0 Å². The fourth-order valence-corrected chi connectivity index (χ4v) is 5.41. The summed E-state index contributed by atoms with van der Waals surface area (Å²) in [6.07, 6.45) is 2.98. The number of hydrogen-bond donors (Lipinski definition) is 2. The van der Waals surface area contributed by atoms with Crippen LogP contribution in [0.1, 0.15) is 29.3 Å². The molecule has 4 rings (SSSR count). The van der Waals surface area contributed by atoms with Gasteiger partial charge in [-0.3, -0.25) is 18.8 Å². The number of rotatable bonds is 9. The summed E-state index contributed by atoms with van der Waals surface area (Å²) in [6.45, 7) is 6.50. The maximum Gasteiger partial charge on any atom is 0.264 e. The molecule has 2 aromatic carbocycles. The lowest BCUT2D eigenvalue weighted by atomic mass is 10.1. The number of sulfonamides is 1. The van der Waals surface area contributed by atoms with Gasteiger partial charge in [-0.05, 0) is 55.3 Å². The van der Waals surface area contributed by atoms with E-state index in [2.05, 4.69) is 15.2 Å². The van der Waals surface area contributed by atoms with Crippen LogP contribution in [0.25, 0.3) is 10.9 Å². The van der Waals surface area contributed by atoms with Crippen molar-refractivity contribution < 1.29 is 17.9 Å². The van der Waals surface area contributed by atoms with Gasteiger partial charge in [0.25, 0.3) is 15.9 Å². The van der Waals surface area contributed by atoms with Crippen LogP contribution in [-0.2, 0) is 21.2 Å².